The van der Waals surface area contributed by atoms with Gasteiger partial charge in [-0.3, -0.25) is 4.79 Å². The van der Waals surface area contributed by atoms with Crippen LogP contribution in [0.15, 0.2) is 16.9 Å². The van der Waals surface area contributed by atoms with Crippen LogP contribution < -0.4 is 5.56 Å². The highest BCUT2D eigenvalue weighted by Gasteiger charge is 2.16. The fraction of sp³-hybridized carbons (Fsp3) is 0.429. The zero-order chi connectivity index (χ0) is 12.2. The lowest BCUT2D eigenvalue weighted by molar-refractivity contribution is 0.353. The minimum atomic E-state index is -2.37. The van der Waals surface area contributed by atoms with E-state index in [2.05, 4.69) is 5.10 Å². The second-order valence-corrected chi connectivity index (χ2v) is 9.45. The van der Waals surface area contributed by atoms with Crippen LogP contribution in [-0.4, -0.2) is 24.0 Å². The van der Waals surface area contributed by atoms with Crippen molar-refractivity contribution in [1.29, 1.82) is 0 Å². The summed E-state index contributed by atoms with van der Waals surface area (Å²) in [4.78, 5) is 11.4. The summed E-state index contributed by atoms with van der Waals surface area (Å²) in [5.41, 5.74) is -2.62. The third-order valence-corrected chi connectivity index (χ3v) is 7.42. The van der Waals surface area contributed by atoms with E-state index in [1.807, 2.05) is 0 Å². The molecule has 0 saturated heterocycles. The second kappa shape index (κ2) is 6.14. The smallest absolute Gasteiger partial charge is 0.267 e. The maximum absolute atomic E-state index is 11.4. The maximum atomic E-state index is 11.4. The van der Waals surface area contributed by atoms with E-state index in [1.165, 1.54) is 42.4 Å². The molecule has 0 radical (unpaired) electrons. The van der Waals surface area contributed by atoms with Gasteiger partial charge in [0.05, 0.1) is 5.88 Å². The molecule has 90 valence electrons. The van der Waals surface area contributed by atoms with Crippen molar-refractivity contribution in [3.8, 4) is 0 Å². The lowest BCUT2D eigenvalue weighted by Crippen LogP contribution is -2.20. The highest BCUT2D eigenvalue weighted by Crippen LogP contribution is 2.60. The summed E-state index contributed by atoms with van der Waals surface area (Å²) in [6, 6.07) is 2.78. The van der Waals surface area contributed by atoms with E-state index in [-0.39, 0.29) is 16.6 Å². The fourth-order valence-electron chi connectivity index (χ4n) is 0.822. The lowest BCUT2D eigenvalue weighted by atomic mass is 10.6. The highest BCUT2D eigenvalue weighted by atomic mass is 35.5. The molecular formula is C7H10ClN2O3PS2. The standard InChI is InChI=1S/C7H10ClN2O3PS2/c1-12-14(15,13-2)16-5-10-7(11)4-3-6(8)9-10/h3-4H,5H2,1-2H3. The van der Waals surface area contributed by atoms with E-state index in [0.717, 1.165) is 0 Å². The van der Waals surface area contributed by atoms with E-state index < -0.39 is 5.69 Å². The van der Waals surface area contributed by atoms with Gasteiger partial charge < -0.3 is 9.05 Å². The van der Waals surface area contributed by atoms with Gasteiger partial charge in [-0.25, -0.2) is 4.68 Å². The molecule has 0 aliphatic rings. The third kappa shape index (κ3) is 3.84. The van der Waals surface area contributed by atoms with E-state index >= 15 is 0 Å². The van der Waals surface area contributed by atoms with E-state index in [4.69, 9.17) is 32.5 Å². The fourth-order valence-corrected chi connectivity index (χ4v) is 3.58. The Kier molecular flexibility index (Phi) is 5.43. The molecule has 0 N–H and O–H groups in total. The van der Waals surface area contributed by atoms with Gasteiger partial charge in [0.25, 0.3) is 5.56 Å². The summed E-state index contributed by atoms with van der Waals surface area (Å²) in [7, 11) is 2.96. The monoisotopic (exact) mass is 300 g/mol. The Balaban J connectivity index is 2.78. The second-order valence-electron chi connectivity index (χ2n) is 2.56. The molecule has 0 aromatic carbocycles. The van der Waals surface area contributed by atoms with Crippen molar-refractivity contribution in [1.82, 2.24) is 9.78 Å². The summed E-state index contributed by atoms with van der Waals surface area (Å²) in [6.45, 7) is 0. The van der Waals surface area contributed by atoms with Crippen LogP contribution in [0.25, 0.3) is 0 Å². The van der Waals surface area contributed by atoms with Gasteiger partial charge in [0, 0.05) is 20.3 Å². The van der Waals surface area contributed by atoms with Crippen molar-refractivity contribution in [2.24, 2.45) is 0 Å². The molecule has 1 aromatic rings. The molecule has 16 heavy (non-hydrogen) atoms. The molecule has 0 unspecified atom stereocenters. The Morgan fingerprint density at radius 1 is 1.56 bits per heavy atom. The SMILES string of the molecule is COP(=S)(OC)SCn1nc(Cl)ccc1=O. The number of rotatable bonds is 5. The number of hydrogen-bond acceptors (Lipinski definition) is 6. The van der Waals surface area contributed by atoms with E-state index in [1.54, 1.807) is 0 Å². The molecule has 1 heterocycles. The van der Waals surface area contributed by atoms with Crippen molar-refractivity contribution in [2.75, 3.05) is 14.2 Å². The summed E-state index contributed by atoms with van der Waals surface area (Å²) in [5.74, 6) is 0.248. The largest absolute Gasteiger partial charge is 0.325 e. The lowest BCUT2D eigenvalue weighted by Gasteiger charge is -2.16. The van der Waals surface area contributed by atoms with Crippen molar-refractivity contribution >= 4 is 40.5 Å². The van der Waals surface area contributed by atoms with Gasteiger partial charge in [0.2, 0.25) is 5.69 Å². The zero-order valence-electron chi connectivity index (χ0n) is 8.62. The summed E-state index contributed by atoms with van der Waals surface area (Å²) >= 11 is 12.0. The molecule has 0 aliphatic carbocycles. The van der Waals surface area contributed by atoms with Crippen LogP contribution in [0.5, 0.6) is 0 Å². The first-order valence-corrected chi connectivity index (χ1v) is 8.71. The van der Waals surface area contributed by atoms with Crippen LogP contribution in [-0.2, 0) is 26.7 Å². The topological polar surface area (TPSA) is 53.4 Å². The molecule has 1 aromatic heterocycles. The van der Waals surface area contributed by atoms with E-state index in [9.17, 15) is 4.79 Å². The molecule has 1 rings (SSSR count). The third-order valence-electron chi connectivity index (χ3n) is 1.62. The molecule has 0 fully saturated rings. The predicted molar refractivity (Wildman–Crippen MR) is 69.4 cm³/mol. The van der Waals surface area contributed by atoms with Crippen molar-refractivity contribution < 1.29 is 9.05 Å². The Bertz CT molecular complexity index is 459. The van der Waals surface area contributed by atoms with Crippen LogP contribution in [0.3, 0.4) is 0 Å². The number of aromatic nitrogens is 2. The Morgan fingerprint density at radius 3 is 2.75 bits per heavy atom. The minimum absolute atomic E-state index is 0.245. The summed E-state index contributed by atoms with van der Waals surface area (Å²) in [6.07, 6.45) is 0. The van der Waals surface area contributed by atoms with E-state index in [0.29, 0.717) is 0 Å². The van der Waals surface area contributed by atoms with Gasteiger partial charge in [-0.2, -0.15) is 5.10 Å². The maximum Gasteiger partial charge on any atom is 0.267 e. The van der Waals surface area contributed by atoms with Crippen LogP contribution in [0.2, 0.25) is 5.15 Å². The highest BCUT2D eigenvalue weighted by molar-refractivity contribution is 8.67. The average molecular weight is 301 g/mol. The molecule has 0 aliphatic heterocycles. The molecule has 0 spiro atoms. The molecule has 0 atom stereocenters. The molecule has 0 saturated carbocycles. The Hall–Kier alpha value is 0.0900. The summed E-state index contributed by atoms with van der Waals surface area (Å²) < 4.78 is 11.4. The van der Waals surface area contributed by atoms with Crippen molar-refractivity contribution in [3.63, 3.8) is 0 Å². The number of nitrogens with zero attached hydrogens (tertiary/aromatic N) is 2. The van der Waals surface area contributed by atoms with Gasteiger partial charge >= 0.3 is 0 Å². The van der Waals surface area contributed by atoms with Gasteiger partial charge in [-0.1, -0.05) is 11.6 Å². The quantitative estimate of drug-likeness (QED) is 0.776. The number of halogens is 1. The first-order chi connectivity index (χ1) is 7.50. The first kappa shape index (κ1) is 14.2. The van der Waals surface area contributed by atoms with Crippen LogP contribution in [0, 0.1) is 0 Å². The zero-order valence-corrected chi connectivity index (χ0v) is 11.9. The molecule has 9 heteroatoms. The molecule has 0 amide bonds. The number of hydrogen-bond donors (Lipinski definition) is 0. The molecular weight excluding hydrogens is 291 g/mol. The van der Waals surface area contributed by atoms with Gasteiger partial charge in [0.15, 0.2) is 0 Å². The average Bonchev–Trinajstić information content (AvgIpc) is 2.30. The van der Waals surface area contributed by atoms with Crippen LogP contribution in [0.1, 0.15) is 0 Å². The molecule has 0 bridgehead atoms. The molecule has 5 nitrogen and oxygen atoms in total. The summed E-state index contributed by atoms with van der Waals surface area (Å²) in [5, 5.41) is 4.11. The minimum Gasteiger partial charge on any atom is -0.325 e. The van der Waals surface area contributed by atoms with Crippen LogP contribution in [0.4, 0.5) is 0 Å². The first-order valence-electron chi connectivity index (χ1n) is 4.10. The normalized spacial score (nSPS) is 11.7. The van der Waals surface area contributed by atoms with Gasteiger partial charge in [0.1, 0.15) is 5.15 Å². The van der Waals surface area contributed by atoms with Crippen molar-refractivity contribution in [2.45, 2.75) is 5.88 Å². The Labute approximate surface area is 107 Å². The van der Waals surface area contributed by atoms with Gasteiger partial charge in [-0.05, 0) is 29.3 Å². The predicted octanol–water partition coefficient (Wildman–Crippen LogP) is 2.10. The van der Waals surface area contributed by atoms with Crippen molar-refractivity contribution in [3.05, 3.63) is 27.6 Å². The Morgan fingerprint density at radius 2 is 2.19 bits per heavy atom. The van der Waals surface area contributed by atoms with Crippen LogP contribution >= 0.6 is 28.7 Å². The van der Waals surface area contributed by atoms with Gasteiger partial charge in [-0.15, -0.1) is 0 Å².